The van der Waals surface area contributed by atoms with Gasteiger partial charge in [0.05, 0.1) is 12.2 Å². The van der Waals surface area contributed by atoms with Crippen LogP contribution in [-0.4, -0.2) is 50.9 Å². The SMILES string of the molecule is C=C(OCC(C)C(C)C(=C)/C(=C\NC)C(=O)O)/C(NCCCN1CCCc2ccccc21)=C(/F)CN. The molecule has 0 fully saturated rings. The van der Waals surface area contributed by atoms with Crippen molar-refractivity contribution >= 4 is 11.7 Å². The largest absolute Gasteiger partial charge is 0.492 e. The molecule has 0 aliphatic carbocycles. The number of carboxylic acid groups (broad SMARTS) is 1. The second-order valence-electron chi connectivity index (χ2n) is 9.16. The molecule has 1 aliphatic rings. The van der Waals surface area contributed by atoms with Gasteiger partial charge in [-0.1, -0.05) is 45.2 Å². The highest BCUT2D eigenvalue weighted by atomic mass is 19.1. The van der Waals surface area contributed by atoms with Gasteiger partial charge in [0, 0.05) is 45.1 Å². The summed E-state index contributed by atoms with van der Waals surface area (Å²) in [4.78, 5) is 13.9. The predicted molar refractivity (Wildman–Crippen MR) is 144 cm³/mol. The highest BCUT2D eigenvalue weighted by Crippen LogP contribution is 2.27. The van der Waals surface area contributed by atoms with Gasteiger partial charge in [0.15, 0.2) is 0 Å². The number of nitrogens with one attached hydrogen (secondary N) is 2. The number of hydrogen-bond donors (Lipinski definition) is 4. The van der Waals surface area contributed by atoms with Crippen molar-refractivity contribution in [3.63, 3.8) is 0 Å². The Bertz CT molecular complexity index is 989. The van der Waals surface area contributed by atoms with E-state index in [4.69, 9.17) is 10.5 Å². The molecule has 0 amide bonds. The second kappa shape index (κ2) is 14.3. The summed E-state index contributed by atoms with van der Waals surface area (Å²) in [5, 5.41) is 15.3. The van der Waals surface area contributed by atoms with Crippen molar-refractivity contribution in [2.24, 2.45) is 17.6 Å². The number of hydrogen-bond acceptors (Lipinski definition) is 6. The minimum absolute atomic E-state index is 0.0878. The first kappa shape index (κ1) is 29.0. The fraction of sp³-hybridized carbons (Fsp3) is 0.464. The number of carbonyl (C=O) groups is 1. The highest BCUT2D eigenvalue weighted by molar-refractivity contribution is 5.91. The van der Waals surface area contributed by atoms with E-state index in [1.165, 1.54) is 17.5 Å². The molecule has 2 atom stereocenters. The maximum Gasteiger partial charge on any atom is 0.337 e. The number of aliphatic carboxylic acids is 1. The van der Waals surface area contributed by atoms with Crippen LogP contribution in [0.5, 0.6) is 0 Å². The number of fused-ring (bicyclic) bond motifs is 1. The van der Waals surface area contributed by atoms with E-state index < -0.39 is 11.8 Å². The number of para-hydroxylation sites is 1. The summed E-state index contributed by atoms with van der Waals surface area (Å²) in [6, 6.07) is 8.46. The van der Waals surface area contributed by atoms with Gasteiger partial charge in [0.2, 0.25) is 0 Å². The second-order valence-corrected chi connectivity index (χ2v) is 9.16. The quantitative estimate of drug-likeness (QED) is 0.124. The first-order valence-electron chi connectivity index (χ1n) is 12.5. The van der Waals surface area contributed by atoms with Crippen LogP contribution in [0.3, 0.4) is 0 Å². The number of nitrogens with two attached hydrogens (primary N) is 1. The van der Waals surface area contributed by atoms with Crippen LogP contribution in [0.25, 0.3) is 0 Å². The van der Waals surface area contributed by atoms with E-state index in [0.29, 0.717) is 12.1 Å². The molecule has 1 heterocycles. The molecule has 1 aromatic carbocycles. The van der Waals surface area contributed by atoms with E-state index in [1.807, 2.05) is 13.8 Å². The first-order valence-corrected chi connectivity index (χ1v) is 12.5. The lowest BCUT2D eigenvalue weighted by Gasteiger charge is -2.31. The molecule has 0 bridgehead atoms. The van der Waals surface area contributed by atoms with E-state index in [1.54, 1.807) is 7.05 Å². The monoisotopic (exact) mass is 500 g/mol. The van der Waals surface area contributed by atoms with E-state index in [-0.39, 0.29) is 42.0 Å². The van der Waals surface area contributed by atoms with Crippen LogP contribution in [0.1, 0.15) is 32.3 Å². The Morgan fingerprint density at radius 1 is 1.33 bits per heavy atom. The zero-order chi connectivity index (χ0) is 26.7. The molecular formula is C28H41FN4O3. The lowest BCUT2D eigenvalue weighted by molar-refractivity contribution is -0.132. The van der Waals surface area contributed by atoms with E-state index >= 15 is 0 Å². The van der Waals surface area contributed by atoms with Crippen molar-refractivity contribution in [1.82, 2.24) is 10.6 Å². The Kier molecular flexibility index (Phi) is 11.5. The van der Waals surface area contributed by atoms with Gasteiger partial charge >= 0.3 is 5.97 Å². The van der Waals surface area contributed by atoms with E-state index in [2.05, 4.69) is 53.0 Å². The molecular weight excluding hydrogens is 459 g/mol. The van der Waals surface area contributed by atoms with Crippen LogP contribution < -0.4 is 21.3 Å². The minimum Gasteiger partial charge on any atom is -0.492 e. The van der Waals surface area contributed by atoms with Crippen LogP contribution in [0, 0.1) is 11.8 Å². The van der Waals surface area contributed by atoms with Crippen molar-refractivity contribution in [3.8, 4) is 0 Å². The molecule has 5 N–H and O–H groups in total. The Balaban J connectivity index is 1.90. The third kappa shape index (κ3) is 7.88. The molecule has 2 unspecified atom stereocenters. The summed E-state index contributed by atoms with van der Waals surface area (Å²) in [6.45, 7) is 14.1. The Labute approximate surface area is 214 Å². The number of benzene rings is 1. The molecule has 8 heteroatoms. The van der Waals surface area contributed by atoms with Gasteiger partial charge in [-0.3, -0.25) is 0 Å². The smallest absolute Gasteiger partial charge is 0.337 e. The molecule has 7 nitrogen and oxygen atoms in total. The lowest BCUT2D eigenvalue weighted by atomic mass is 9.86. The summed E-state index contributed by atoms with van der Waals surface area (Å²) < 4.78 is 20.4. The van der Waals surface area contributed by atoms with Crippen LogP contribution >= 0.6 is 0 Å². The molecule has 36 heavy (non-hydrogen) atoms. The third-order valence-electron chi connectivity index (χ3n) is 6.63. The van der Waals surface area contributed by atoms with E-state index in [0.717, 1.165) is 32.4 Å². The maximum absolute atomic E-state index is 14.6. The standard InChI is InChI=1S/C28H41FN4O3/c1-19(20(2)21(3)24(17-31-5)28(34)35)18-36-22(4)27(25(29)16-30)32-13-9-15-33-14-8-11-23-10-6-7-12-26(23)33/h6-7,10,12,17,19-20,31-32H,3-4,8-9,11,13-16,18,30H2,1-2,5H3,(H,34,35)/b24-17+,27-25-. The van der Waals surface area contributed by atoms with Gasteiger partial charge in [-0.15, -0.1) is 0 Å². The highest BCUT2D eigenvalue weighted by Gasteiger charge is 2.23. The number of aryl methyl sites for hydroxylation is 1. The van der Waals surface area contributed by atoms with Gasteiger partial charge in [0.1, 0.15) is 17.3 Å². The summed E-state index contributed by atoms with van der Waals surface area (Å²) in [7, 11) is 1.63. The molecule has 0 radical (unpaired) electrons. The lowest BCUT2D eigenvalue weighted by Crippen LogP contribution is -2.32. The summed E-state index contributed by atoms with van der Waals surface area (Å²) >= 11 is 0. The van der Waals surface area contributed by atoms with Gasteiger partial charge in [-0.05, 0) is 48.3 Å². The van der Waals surface area contributed by atoms with Crippen LogP contribution in [0.15, 0.2) is 72.1 Å². The normalized spacial score (nSPS) is 15.8. The number of rotatable bonds is 15. The van der Waals surface area contributed by atoms with Gasteiger partial charge < -0.3 is 31.1 Å². The van der Waals surface area contributed by atoms with Crippen LogP contribution in [0.2, 0.25) is 0 Å². The Morgan fingerprint density at radius 3 is 2.72 bits per heavy atom. The van der Waals surface area contributed by atoms with E-state index in [9.17, 15) is 14.3 Å². The van der Waals surface area contributed by atoms with Crippen molar-refractivity contribution in [2.75, 3.05) is 44.7 Å². The van der Waals surface area contributed by atoms with Crippen LogP contribution in [0.4, 0.5) is 10.1 Å². The van der Waals surface area contributed by atoms with Gasteiger partial charge in [0.25, 0.3) is 0 Å². The van der Waals surface area contributed by atoms with Crippen molar-refractivity contribution in [3.05, 3.63) is 77.6 Å². The topological polar surface area (TPSA) is 99.8 Å². The average Bonchev–Trinajstić information content (AvgIpc) is 2.88. The Morgan fingerprint density at radius 2 is 2.06 bits per heavy atom. The number of anilines is 1. The number of nitrogens with zero attached hydrogens (tertiary/aromatic N) is 1. The fourth-order valence-corrected chi connectivity index (χ4v) is 4.25. The number of ether oxygens (including phenoxy) is 1. The molecule has 1 aromatic rings. The van der Waals surface area contributed by atoms with Crippen molar-refractivity contribution in [2.45, 2.75) is 33.1 Å². The number of halogens is 1. The zero-order valence-electron chi connectivity index (χ0n) is 21.8. The Hall–Kier alpha value is -3.26. The summed E-state index contributed by atoms with van der Waals surface area (Å²) in [6.07, 6.45) is 4.46. The molecule has 198 valence electrons. The average molecular weight is 501 g/mol. The zero-order valence-corrected chi connectivity index (χ0v) is 21.8. The molecule has 1 aliphatic heterocycles. The molecule has 0 aromatic heterocycles. The maximum atomic E-state index is 14.6. The molecule has 0 saturated carbocycles. The predicted octanol–water partition coefficient (Wildman–Crippen LogP) is 4.11. The van der Waals surface area contributed by atoms with Gasteiger partial charge in [-0.25, -0.2) is 9.18 Å². The van der Waals surface area contributed by atoms with Crippen molar-refractivity contribution in [1.29, 1.82) is 0 Å². The molecule has 0 saturated heterocycles. The summed E-state index contributed by atoms with van der Waals surface area (Å²) in [5.41, 5.74) is 8.99. The first-order chi connectivity index (χ1) is 17.2. The third-order valence-corrected chi connectivity index (χ3v) is 6.63. The minimum atomic E-state index is -1.05. The van der Waals surface area contributed by atoms with Gasteiger partial charge in [-0.2, -0.15) is 0 Å². The van der Waals surface area contributed by atoms with Crippen molar-refractivity contribution < 1.29 is 19.0 Å². The molecule has 2 rings (SSSR count). The van der Waals surface area contributed by atoms with Crippen LogP contribution in [-0.2, 0) is 16.0 Å². The fourth-order valence-electron chi connectivity index (χ4n) is 4.25. The summed E-state index contributed by atoms with van der Waals surface area (Å²) in [5.74, 6) is -1.66. The number of carboxylic acids is 1. The molecule has 0 spiro atoms.